The highest BCUT2D eigenvalue weighted by Crippen LogP contribution is 2.41. The average Bonchev–Trinajstić information content (AvgIpc) is 3.08. The fourth-order valence-electron chi connectivity index (χ4n) is 4.02. The summed E-state index contributed by atoms with van der Waals surface area (Å²) in [5, 5.41) is 5.82. The predicted octanol–water partition coefficient (Wildman–Crippen LogP) is 4.96. The summed E-state index contributed by atoms with van der Waals surface area (Å²) in [6.07, 6.45) is 6.07. The van der Waals surface area contributed by atoms with Crippen molar-refractivity contribution in [2.45, 2.75) is 58.3 Å². The molecule has 1 aliphatic rings. The number of likely N-dealkylation sites (N-methyl/N-ethyl adjacent to an activating group) is 1. The summed E-state index contributed by atoms with van der Waals surface area (Å²) in [4.78, 5) is 14.6. The second kappa shape index (κ2) is 9.56. The van der Waals surface area contributed by atoms with Crippen LogP contribution in [0.1, 0.15) is 63.1 Å². The summed E-state index contributed by atoms with van der Waals surface area (Å²) in [5.41, 5.74) is 2.44. The summed E-state index contributed by atoms with van der Waals surface area (Å²) in [7, 11) is 0. The molecule has 5 nitrogen and oxygen atoms in total. The van der Waals surface area contributed by atoms with Gasteiger partial charge in [0.25, 0.3) is 0 Å². The Morgan fingerprint density at radius 3 is 2.70 bits per heavy atom. The van der Waals surface area contributed by atoms with Gasteiger partial charge in [-0.1, -0.05) is 49.9 Å². The lowest BCUT2D eigenvalue weighted by Gasteiger charge is -2.23. The first kappa shape index (κ1) is 20.2. The Bertz CT molecular complexity index is 764. The minimum Gasteiger partial charge on any atom is -0.464 e. The summed E-state index contributed by atoms with van der Waals surface area (Å²) in [6, 6.07) is 3.72. The van der Waals surface area contributed by atoms with Crippen LogP contribution in [0.3, 0.4) is 0 Å². The molecular formula is C21H29ClN2O3. The molecule has 0 radical (unpaired) electrons. The van der Waals surface area contributed by atoms with Crippen molar-refractivity contribution in [2.75, 3.05) is 26.2 Å². The summed E-state index contributed by atoms with van der Waals surface area (Å²) in [5.74, 6) is 0.138. The van der Waals surface area contributed by atoms with Crippen molar-refractivity contribution < 1.29 is 14.1 Å². The van der Waals surface area contributed by atoms with E-state index in [1.807, 2.05) is 12.1 Å². The van der Waals surface area contributed by atoms with E-state index in [1.54, 1.807) is 0 Å². The van der Waals surface area contributed by atoms with Crippen LogP contribution in [0, 0.1) is 0 Å². The molecule has 27 heavy (non-hydrogen) atoms. The highest BCUT2D eigenvalue weighted by Gasteiger charge is 2.25. The van der Waals surface area contributed by atoms with E-state index in [0.717, 1.165) is 48.4 Å². The monoisotopic (exact) mass is 392 g/mol. The number of rotatable bonds is 8. The second-order valence-corrected chi connectivity index (χ2v) is 7.63. The van der Waals surface area contributed by atoms with Gasteiger partial charge in [-0.25, -0.2) is 0 Å². The largest absolute Gasteiger partial charge is 0.464 e. The van der Waals surface area contributed by atoms with Gasteiger partial charge >= 0.3 is 5.97 Å². The summed E-state index contributed by atoms with van der Waals surface area (Å²) in [6.45, 7) is 7.24. The molecular weight excluding hydrogens is 364 g/mol. The highest BCUT2D eigenvalue weighted by atomic mass is 35.5. The molecule has 1 aliphatic carbocycles. The van der Waals surface area contributed by atoms with Crippen LogP contribution < -0.4 is 0 Å². The number of aromatic nitrogens is 1. The van der Waals surface area contributed by atoms with Crippen molar-refractivity contribution in [2.24, 2.45) is 0 Å². The molecule has 0 atom stereocenters. The molecule has 6 heteroatoms. The van der Waals surface area contributed by atoms with Gasteiger partial charge in [-0.05, 0) is 49.5 Å². The van der Waals surface area contributed by atoms with E-state index in [0.29, 0.717) is 23.8 Å². The number of nitrogens with zero attached hydrogens (tertiary/aromatic N) is 2. The van der Waals surface area contributed by atoms with Crippen molar-refractivity contribution in [1.82, 2.24) is 10.1 Å². The molecule has 0 saturated heterocycles. The lowest BCUT2D eigenvalue weighted by Crippen LogP contribution is -2.28. The highest BCUT2D eigenvalue weighted by molar-refractivity contribution is 6.32. The van der Waals surface area contributed by atoms with Gasteiger partial charge < -0.3 is 14.2 Å². The smallest absolute Gasteiger partial charge is 0.312 e. The van der Waals surface area contributed by atoms with E-state index in [2.05, 4.69) is 23.9 Å². The van der Waals surface area contributed by atoms with Gasteiger partial charge in [0.1, 0.15) is 12.3 Å². The number of esters is 1. The Balaban J connectivity index is 1.75. The molecule has 0 aliphatic heterocycles. The zero-order chi connectivity index (χ0) is 19.2. The number of halogens is 1. The minimum atomic E-state index is -0.271. The van der Waals surface area contributed by atoms with Gasteiger partial charge in [0.05, 0.1) is 11.8 Å². The maximum Gasteiger partial charge on any atom is 0.312 e. The Labute approximate surface area is 166 Å². The maximum atomic E-state index is 12.3. The molecule has 0 amide bonds. The van der Waals surface area contributed by atoms with Crippen LogP contribution in [0.4, 0.5) is 0 Å². The second-order valence-electron chi connectivity index (χ2n) is 7.22. The zero-order valence-corrected chi connectivity index (χ0v) is 17.1. The van der Waals surface area contributed by atoms with Crippen LogP contribution in [0.15, 0.2) is 16.7 Å². The molecule has 1 heterocycles. The first-order chi connectivity index (χ1) is 13.1. The molecule has 0 bridgehead atoms. The molecule has 1 aromatic heterocycles. The Morgan fingerprint density at radius 1 is 1.26 bits per heavy atom. The van der Waals surface area contributed by atoms with Crippen molar-refractivity contribution >= 4 is 28.5 Å². The number of hydrogen-bond acceptors (Lipinski definition) is 5. The molecule has 0 N–H and O–H groups in total. The molecule has 0 spiro atoms. The normalized spacial score (nSPS) is 15.6. The van der Waals surface area contributed by atoms with Crippen molar-refractivity contribution in [3.05, 3.63) is 28.4 Å². The number of ether oxygens (including phenoxy) is 1. The molecule has 1 saturated carbocycles. The first-order valence-electron chi connectivity index (χ1n) is 10.1. The van der Waals surface area contributed by atoms with Crippen LogP contribution in [-0.4, -0.2) is 42.3 Å². The van der Waals surface area contributed by atoms with Crippen LogP contribution in [0.2, 0.25) is 5.02 Å². The molecule has 1 fully saturated rings. The van der Waals surface area contributed by atoms with Crippen LogP contribution >= 0.6 is 11.6 Å². The van der Waals surface area contributed by atoms with Gasteiger partial charge in [0, 0.05) is 11.6 Å². The van der Waals surface area contributed by atoms with E-state index < -0.39 is 0 Å². The topological polar surface area (TPSA) is 55.6 Å². The lowest BCUT2D eigenvalue weighted by molar-refractivity contribution is -0.143. The number of carbonyl (C=O) groups is 1. The van der Waals surface area contributed by atoms with Crippen molar-refractivity contribution in [1.29, 1.82) is 0 Å². The SMILES string of the molecule is CCN(CC)CCOC(=O)Cc1noc2ccc(Cl)c(C3CCCCC3)c12. The van der Waals surface area contributed by atoms with E-state index >= 15 is 0 Å². The third-order valence-electron chi connectivity index (χ3n) is 5.59. The quantitative estimate of drug-likeness (QED) is 0.594. The molecule has 3 rings (SSSR count). The fourth-order valence-corrected chi connectivity index (χ4v) is 4.34. The van der Waals surface area contributed by atoms with Crippen LogP contribution in [0.25, 0.3) is 11.0 Å². The van der Waals surface area contributed by atoms with Gasteiger partial charge in [-0.2, -0.15) is 0 Å². The number of fused-ring (bicyclic) bond motifs is 1. The van der Waals surface area contributed by atoms with E-state index in [9.17, 15) is 4.79 Å². The van der Waals surface area contributed by atoms with Crippen molar-refractivity contribution in [3.63, 3.8) is 0 Å². The average molecular weight is 393 g/mol. The van der Waals surface area contributed by atoms with Crippen LogP contribution in [0.5, 0.6) is 0 Å². The van der Waals surface area contributed by atoms with Gasteiger partial charge in [0.2, 0.25) is 0 Å². The Morgan fingerprint density at radius 2 is 2.00 bits per heavy atom. The number of benzene rings is 1. The molecule has 2 aromatic rings. The predicted molar refractivity (Wildman–Crippen MR) is 107 cm³/mol. The summed E-state index contributed by atoms with van der Waals surface area (Å²) >= 11 is 6.56. The zero-order valence-electron chi connectivity index (χ0n) is 16.3. The lowest BCUT2D eigenvalue weighted by atomic mass is 9.82. The Kier molecular flexibility index (Phi) is 7.13. The third-order valence-corrected chi connectivity index (χ3v) is 5.92. The maximum absolute atomic E-state index is 12.3. The van der Waals surface area contributed by atoms with E-state index in [4.69, 9.17) is 20.9 Å². The standard InChI is InChI=1S/C21H29ClN2O3/c1-3-24(4-2)12-13-26-19(25)14-17-21-18(27-23-17)11-10-16(22)20(21)15-8-6-5-7-9-15/h10-11,15H,3-9,12-14H2,1-2H3. The van der Waals surface area contributed by atoms with Gasteiger partial charge in [-0.3, -0.25) is 4.79 Å². The first-order valence-corrected chi connectivity index (χ1v) is 10.5. The molecule has 0 unspecified atom stereocenters. The van der Waals surface area contributed by atoms with Crippen LogP contribution in [-0.2, 0) is 16.0 Å². The van der Waals surface area contributed by atoms with Gasteiger partial charge in [-0.15, -0.1) is 0 Å². The molecule has 1 aromatic carbocycles. The Hall–Kier alpha value is -1.59. The van der Waals surface area contributed by atoms with E-state index in [-0.39, 0.29) is 12.4 Å². The summed E-state index contributed by atoms with van der Waals surface area (Å²) < 4.78 is 10.9. The third kappa shape index (κ3) is 4.82. The van der Waals surface area contributed by atoms with Crippen molar-refractivity contribution in [3.8, 4) is 0 Å². The van der Waals surface area contributed by atoms with Gasteiger partial charge in [0.15, 0.2) is 5.58 Å². The minimum absolute atomic E-state index is 0.116. The molecule has 148 valence electrons. The number of hydrogen-bond donors (Lipinski definition) is 0. The van der Waals surface area contributed by atoms with E-state index in [1.165, 1.54) is 19.3 Å². The number of carbonyl (C=O) groups excluding carboxylic acids is 1. The fraction of sp³-hybridized carbons (Fsp3) is 0.619.